The van der Waals surface area contributed by atoms with Gasteiger partial charge in [0.05, 0.1) is 0 Å². The Morgan fingerprint density at radius 2 is 1.70 bits per heavy atom. The van der Waals surface area contributed by atoms with Crippen LogP contribution in [0.25, 0.3) is 0 Å². The van der Waals surface area contributed by atoms with Gasteiger partial charge >= 0.3 is 12.1 Å². The summed E-state index contributed by atoms with van der Waals surface area (Å²) in [6.07, 6.45) is -4.86. The number of carbonyl (C=O) groups is 1. The fraction of sp³-hybridized carbons (Fsp3) is 0.333. The summed E-state index contributed by atoms with van der Waals surface area (Å²) in [6, 6.07) is 0. The number of nitriles is 1. The minimum atomic E-state index is -4.86. The fourth-order valence-electron chi connectivity index (χ4n) is 0. The third-order valence-electron chi connectivity index (χ3n) is 0.279. The zero-order valence-electron chi connectivity index (χ0n) is 4.51. The van der Waals surface area contributed by atoms with E-state index < -0.39 is 12.1 Å². The fourth-order valence-corrected chi connectivity index (χ4v) is 0. The number of carbonyl (C=O) groups excluding carboxylic acids is 1. The highest BCUT2D eigenvalue weighted by atomic mass is 32.1. The standard InChI is InChI=1S/C2H2F3NO.CHNS/c3-2(4,5)1(6)7;2-1-3/h(H2,6,7);3H. The molecule has 0 spiro atoms. The highest BCUT2D eigenvalue weighted by molar-refractivity contribution is 7.85. The number of rotatable bonds is 0. The van der Waals surface area contributed by atoms with Crippen molar-refractivity contribution in [3.8, 4) is 5.40 Å². The lowest BCUT2D eigenvalue weighted by Crippen LogP contribution is -2.30. The maximum Gasteiger partial charge on any atom is 0.470 e. The summed E-state index contributed by atoms with van der Waals surface area (Å²) in [5.74, 6) is -2.26. The van der Waals surface area contributed by atoms with Crippen LogP contribution >= 0.6 is 12.6 Å². The van der Waals surface area contributed by atoms with Crippen LogP contribution in [0.5, 0.6) is 0 Å². The Hall–Kier alpha value is -0.900. The molecule has 0 fully saturated rings. The minimum Gasteiger partial charge on any atom is -0.362 e. The van der Waals surface area contributed by atoms with Crippen molar-refractivity contribution in [2.24, 2.45) is 5.73 Å². The summed E-state index contributed by atoms with van der Waals surface area (Å²) in [7, 11) is 0. The van der Waals surface area contributed by atoms with E-state index in [4.69, 9.17) is 10.1 Å². The van der Waals surface area contributed by atoms with Crippen molar-refractivity contribution in [1.29, 1.82) is 5.26 Å². The first-order valence-electron chi connectivity index (χ1n) is 1.76. The van der Waals surface area contributed by atoms with E-state index in [1.54, 1.807) is 0 Å². The van der Waals surface area contributed by atoms with E-state index in [0.29, 0.717) is 0 Å². The van der Waals surface area contributed by atoms with Crippen LogP contribution in [0.2, 0.25) is 0 Å². The van der Waals surface area contributed by atoms with Gasteiger partial charge in [0.2, 0.25) is 0 Å². The van der Waals surface area contributed by atoms with E-state index in [0.717, 1.165) is 0 Å². The molecular weight excluding hydrogens is 169 g/mol. The Balaban J connectivity index is 0. The largest absolute Gasteiger partial charge is 0.470 e. The number of amides is 1. The molecule has 0 atom stereocenters. The molecule has 3 nitrogen and oxygen atoms in total. The van der Waals surface area contributed by atoms with Gasteiger partial charge in [-0.3, -0.25) is 4.79 Å². The van der Waals surface area contributed by atoms with Gasteiger partial charge in [0.25, 0.3) is 0 Å². The third kappa shape index (κ3) is 10.2. The van der Waals surface area contributed by atoms with Gasteiger partial charge in [0.1, 0.15) is 5.40 Å². The maximum absolute atomic E-state index is 10.7. The molecule has 0 aromatic carbocycles. The smallest absolute Gasteiger partial charge is 0.362 e. The van der Waals surface area contributed by atoms with Gasteiger partial charge in [-0.1, -0.05) is 12.6 Å². The topological polar surface area (TPSA) is 66.9 Å². The summed E-state index contributed by atoms with van der Waals surface area (Å²) < 4.78 is 32.1. The predicted molar refractivity (Wildman–Crippen MR) is 29.8 cm³/mol. The molecule has 7 heteroatoms. The zero-order chi connectivity index (χ0) is 8.78. The first-order valence-corrected chi connectivity index (χ1v) is 2.20. The monoisotopic (exact) mass is 172 g/mol. The Kier molecular flexibility index (Phi) is 5.84. The molecule has 2 N–H and O–H groups in total. The predicted octanol–water partition coefficient (Wildman–Crippen LogP) is 0.431. The third-order valence-corrected chi connectivity index (χ3v) is 0.279. The Morgan fingerprint density at radius 1 is 1.60 bits per heavy atom. The average molecular weight is 172 g/mol. The van der Waals surface area contributed by atoms with Crippen molar-refractivity contribution >= 4 is 18.5 Å². The molecule has 0 rings (SSSR count). The summed E-state index contributed by atoms with van der Waals surface area (Å²) in [5, 5.41) is 8.63. The van der Waals surface area contributed by atoms with Gasteiger partial charge in [0, 0.05) is 0 Å². The van der Waals surface area contributed by atoms with Crippen LogP contribution in [0.3, 0.4) is 0 Å². The normalized spacial score (nSPS) is 8.70. The van der Waals surface area contributed by atoms with E-state index in [2.05, 4.69) is 18.4 Å². The maximum atomic E-state index is 10.7. The minimum absolute atomic E-state index is 1.44. The number of thiocyanates is 1. The molecule has 0 aliphatic carbocycles. The van der Waals surface area contributed by atoms with Crippen LogP contribution in [0.4, 0.5) is 13.2 Å². The van der Waals surface area contributed by atoms with E-state index in [1.807, 2.05) is 0 Å². The van der Waals surface area contributed by atoms with Crippen LogP contribution in [0.1, 0.15) is 0 Å². The van der Waals surface area contributed by atoms with Crippen molar-refractivity contribution < 1.29 is 18.0 Å². The molecule has 10 heavy (non-hydrogen) atoms. The number of primary amides is 1. The van der Waals surface area contributed by atoms with Gasteiger partial charge in [-0.25, -0.2) is 0 Å². The molecule has 0 saturated carbocycles. The Bertz CT molecular complexity index is 149. The Morgan fingerprint density at radius 3 is 1.70 bits per heavy atom. The number of nitrogens with two attached hydrogens (primary N) is 1. The molecular formula is C3H3F3N2OS. The first kappa shape index (κ1) is 11.8. The molecule has 0 aromatic heterocycles. The van der Waals surface area contributed by atoms with Gasteiger partial charge < -0.3 is 5.73 Å². The number of halogens is 3. The highest BCUT2D eigenvalue weighted by Gasteiger charge is 2.35. The van der Waals surface area contributed by atoms with Gasteiger partial charge in [-0.2, -0.15) is 18.4 Å². The zero-order valence-corrected chi connectivity index (χ0v) is 5.41. The molecule has 0 unspecified atom stereocenters. The SMILES string of the molecule is N#CS.NC(=O)C(F)(F)F. The molecule has 0 heterocycles. The quantitative estimate of drug-likeness (QED) is 0.411. The van der Waals surface area contributed by atoms with Crippen molar-refractivity contribution in [3.63, 3.8) is 0 Å². The summed E-state index contributed by atoms with van der Waals surface area (Å²) in [4.78, 5) is 9.12. The lowest BCUT2D eigenvalue weighted by atomic mass is 10.6. The second kappa shape index (κ2) is 4.93. The van der Waals surface area contributed by atoms with Crippen molar-refractivity contribution in [1.82, 2.24) is 0 Å². The number of alkyl halides is 3. The molecule has 0 saturated heterocycles. The van der Waals surface area contributed by atoms with E-state index in [-0.39, 0.29) is 0 Å². The number of thiol groups is 1. The number of hydrogen-bond donors (Lipinski definition) is 2. The van der Waals surface area contributed by atoms with Crippen LogP contribution in [-0.4, -0.2) is 12.1 Å². The van der Waals surface area contributed by atoms with Crippen LogP contribution in [0.15, 0.2) is 0 Å². The van der Waals surface area contributed by atoms with Crippen LogP contribution in [0, 0.1) is 10.7 Å². The lowest BCUT2D eigenvalue weighted by Gasteiger charge is -1.95. The number of hydrogen-bond acceptors (Lipinski definition) is 3. The molecule has 0 aliphatic rings. The molecule has 0 bridgehead atoms. The Labute approximate surface area is 60.0 Å². The van der Waals surface area contributed by atoms with Gasteiger partial charge in [0.15, 0.2) is 0 Å². The molecule has 0 aliphatic heterocycles. The average Bonchev–Trinajstić information content (AvgIpc) is 1.64. The molecule has 0 radical (unpaired) electrons. The van der Waals surface area contributed by atoms with Gasteiger partial charge in [-0.15, -0.1) is 0 Å². The second-order valence-corrected chi connectivity index (χ2v) is 1.16. The number of nitrogens with zero attached hydrogens (tertiary/aromatic N) is 1. The van der Waals surface area contributed by atoms with E-state index in [1.165, 1.54) is 5.40 Å². The summed E-state index contributed by atoms with van der Waals surface area (Å²) in [5.41, 5.74) is 3.81. The van der Waals surface area contributed by atoms with Crippen LogP contribution in [-0.2, 0) is 4.79 Å². The summed E-state index contributed by atoms with van der Waals surface area (Å²) >= 11 is 3.09. The molecule has 0 aromatic rings. The van der Waals surface area contributed by atoms with Gasteiger partial charge in [-0.05, 0) is 0 Å². The van der Waals surface area contributed by atoms with Crippen molar-refractivity contribution in [2.45, 2.75) is 6.18 Å². The highest BCUT2D eigenvalue weighted by Crippen LogP contribution is 2.11. The van der Waals surface area contributed by atoms with Crippen LogP contribution < -0.4 is 5.73 Å². The molecule has 58 valence electrons. The first-order chi connectivity index (χ1) is 4.36. The van der Waals surface area contributed by atoms with E-state index >= 15 is 0 Å². The summed E-state index contributed by atoms with van der Waals surface area (Å²) in [6.45, 7) is 0. The molecule has 1 amide bonds. The second-order valence-electron chi connectivity index (χ2n) is 0.962. The van der Waals surface area contributed by atoms with E-state index in [9.17, 15) is 13.2 Å². The van der Waals surface area contributed by atoms with Crippen molar-refractivity contribution in [2.75, 3.05) is 0 Å². The van der Waals surface area contributed by atoms with Crippen molar-refractivity contribution in [3.05, 3.63) is 0 Å². The lowest BCUT2D eigenvalue weighted by molar-refractivity contribution is -0.169.